The highest BCUT2D eigenvalue weighted by molar-refractivity contribution is 7.86. The number of hydrogen-bond acceptors (Lipinski definition) is 3. The number of piperidine rings is 1. The number of rotatable bonds is 3. The lowest BCUT2D eigenvalue weighted by Gasteiger charge is -2.35. The average molecular weight is 289 g/mol. The molecule has 2 aliphatic rings. The summed E-state index contributed by atoms with van der Waals surface area (Å²) < 4.78 is 28.5. The van der Waals surface area contributed by atoms with E-state index in [4.69, 9.17) is 5.73 Å². The zero-order valence-corrected chi connectivity index (χ0v) is 12.7. The third-order valence-electron chi connectivity index (χ3n) is 4.46. The summed E-state index contributed by atoms with van der Waals surface area (Å²) in [5.74, 6) is 0.468. The molecule has 2 saturated heterocycles. The van der Waals surface area contributed by atoms with Gasteiger partial charge < -0.3 is 5.73 Å². The molecule has 0 aromatic rings. The Bertz CT molecular complexity index is 367. The first-order valence-electron chi connectivity index (χ1n) is 7.52. The molecule has 2 fully saturated rings. The molecule has 0 aromatic heterocycles. The van der Waals surface area contributed by atoms with Crippen molar-refractivity contribution < 1.29 is 8.42 Å². The van der Waals surface area contributed by atoms with Gasteiger partial charge in [-0.05, 0) is 38.5 Å². The molecule has 0 amide bonds. The predicted octanol–water partition coefficient (Wildman–Crippen LogP) is 1.17. The summed E-state index contributed by atoms with van der Waals surface area (Å²) in [6.45, 7) is 4.66. The van der Waals surface area contributed by atoms with E-state index in [9.17, 15) is 8.42 Å². The summed E-state index contributed by atoms with van der Waals surface area (Å²) in [4.78, 5) is 0. The topological polar surface area (TPSA) is 66.6 Å². The van der Waals surface area contributed by atoms with Crippen molar-refractivity contribution in [3.05, 3.63) is 0 Å². The second-order valence-corrected chi connectivity index (χ2v) is 7.85. The molecule has 2 heterocycles. The van der Waals surface area contributed by atoms with Crippen LogP contribution in [0.25, 0.3) is 0 Å². The molecule has 0 aliphatic carbocycles. The summed E-state index contributed by atoms with van der Waals surface area (Å²) in [7, 11) is -3.23. The molecule has 0 radical (unpaired) electrons. The molecule has 6 heteroatoms. The van der Waals surface area contributed by atoms with Crippen LogP contribution >= 0.6 is 0 Å². The first-order chi connectivity index (χ1) is 9.01. The van der Waals surface area contributed by atoms with Crippen molar-refractivity contribution in [2.45, 2.75) is 51.5 Å². The van der Waals surface area contributed by atoms with Crippen LogP contribution in [0.5, 0.6) is 0 Å². The van der Waals surface area contributed by atoms with Gasteiger partial charge in [0.2, 0.25) is 0 Å². The third kappa shape index (κ3) is 3.68. The van der Waals surface area contributed by atoms with Gasteiger partial charge in [-0.1, -0.05) is 12.8 Å². The molecule has 1 atom stereocenters. The Morgan fingerprint density at radius 3 is 1.89 bits per heavy atom. The maximum atomic E-state index is 12.6. The van der Waals surface area contributed by atoms with Crippen molar-refractivity contribution in [2.24, 2.45) is 11.7 Å². The Balaban J connectivity index is 1.96. The summed E-state index contributed by atoms with van der Waals surface area (Å²) in [6.07, 6.45) is 6.08. The van der Waals surface area contributed by atoms with Gasteiger partial charge in [0.15, 0.2) is 0 Å². The maximum absolute atomic E-state index is 12.6. The summed E-state index contributed by atoms with van der Waals surface area (Å²) in [5.41, 5.74) is 5.91. The fourth-order valence-corrected chi connectivity index (χ4v) is 4.79. The van der Waals surface area contributed by atoms with Crippen LogP contribution in [0, 0.1) is 5.92 Å². The molecule has 0 aromatic carbocycles. The smallest absolute Gasteiger partial charge is 0.281 e. The van der Waals surface area contributed by atoms with Crippen LogP contribution in [0.4, 0.5) is 0 Å². The molecule has 1 unspecified atom stereocenters. The third-order valence-corrected chi connectivity index (χ3v) is 6.50. The zero-order chi connectivity index (χ0) is 13.9. The molecular formula is C13H27N3O2S. The van der Waals surface area contributed by atoms with Crippen LogP contribution in [0.3, 0.4) is 0 Å². The Morgan fingerprint density at radius 2 is 1.42 bits per heavy atom. The van der Waals surface area contributed by atoms with Crippen molar-refractivity contribution >= 4 is 10.2 Å². The number of hydrogen-bond donors (Lipinski definition) is 1. The highest BCUT2D eigenvalue weighted by atomic mass is 32.2. The predicted molar refractivity (Wildman–Crippen MR) is 76.9 cm³/mol. The summed E-state index contributed by atoms with van der Waals surface area (Å²) in [5, 5.41) is 0. The quantitative estimate of drug-likeness (QED) is 0.848. The highest BCUT2D eigenvalue weighted by Gasteiger charge is 2.33. The largest absolute Gasteiger partial charge is 0.328 e. The van der Waals surface area contributed by atoms with Gasteiger partial charge in [-0.3, -0.25) is 0 Å². The second kappa shape index (κ2) is 6.52. The Kier molecular flexibility index (Phi) is 5.22. The van der Waals surface area contributed by atoms with Gasteiger partial charge in [0.05, 0.1) is 0 Å². The van der Waals surface area contributed by atoms with Gasteiger partial charge in [-0.2, -0.15) is 17.0 Å². The summed E-state index contributed by atoms with van der Waals surface area (Å²) >= 11 is 0. The Hall–Kier alpha value is -0.170. The van der Waals surface area contributed by atoms with Gasteiger partial charge in [-0.15, -0.1) is 0 Å². The van der Waals surface area contributed by atoms with Crippen molar-refractivity contribution in [3.8, 4) is 0 Å². The van der Waals surface area contributed by atoms with Gasteiger partial charge in [-0.25, -0.2) is 0 Å². The van der Waals surface area contributed by atoms with E-state index in [2.05, 4.69) is 0 Å². The van der Waals surface area contributed by atoms with Crippen LogP contribution in [0.2, 0.25) is 0 Å². The Labute approximate surface area is 117 Å². The lowest BCUT2D eigenvalue weighted by atomic mass is 9.92. The van der Waals surface area contributed by atoms with E-state index in [0.29, 0.717) is 32.1 Å². The SMILES string of the molecule is CC(N)C1CCN(S(=O)(=O)N2CCCCCC2)CC1. The van der Waals surface area contributed by atoms with E-state index in [1.54, 1.807) is 8.61 Å². The van der Waals surface area contributed by atoms with Crippen LogP contribution < -0.4 is 5.73 Å². The van der Waals surface area contributed by atoms with Crippen molar-refractivity contribution in [1.82, 2.24) is 8.61 Å². The molecule has 5 nitrogen and oxygen atoms in total. The standard InChI is InChI=1S/C13H27N3O2S/c1-12(14)13-6-10-16(11-7-13)19(17,18)15-8-4-2-3-5-9-15/h12-13H,2-11,14H2,1H3. The van der Waals surface area contributed by atoms with Crippen LogP contribution in [-0.2, 0) is 10.2 Å². The fourth-order valence-electron chi connectivity index (χ4n) is 3.07. The molecule has 19 heavy (non-hydrogen) atoms. The molecule has 2 aliphatic heterocycles. The first kappa shape index (κ1) is 15.2. The molecule has 112 valence electrons. The minimum Gasteiger partial charge on any atom is -0.328 e. The molecule has 2 N–H and O–H groups in total. The average Bonchev–Trinajstić information content (AvgIpc) is 2.68. The zero-order valence-electron chi connectivity index (χ0n) is 11.9. The van der Waals surface area contributed by atoms with Crippen molar-refractivity contribution in [1.29, 1.82) is 0 Å². The second-order valence-electron chi connectivity index (χ2n) is 5.92. The molecule has 0 spiro atoms. The lowest BCUT2D eigenvalue weighted by molar-refractivity contribution is 0.236. The molecule has 2 rings (SSSR count). The minimum absolute atomic E-state index is 0.169. The lowest BCUT2D eigenvalue weighted by Crippen LogP contribution is -2.49. The maximum Gasteiger partial charge on any atom is 0.281 e. The van der Waals surface area contributed by atoms with E-state index < -0.39 is 10.2 Å². The molecular weight excluding hydrogens is 262 g/mol. The van der Waals surface area contributed by atoms with Gasteiger partial charge in [0, 0.05) is 32.2 Å². The first-order valence-corrected chi connectivity index (χ1v) is 8.92. The van der Waals surface area contributed by atoms with Crippen LogP contribution in [0.1, 0.15) is 45.4 Å². The van der Waals surface area contributed by atoms with Crippen LogP contribution in [-0.4, -0.2) is 49.2 Å². The monoisotopic (exact) mass is 289 g/mol. The summed E-state index contributed by atoms with van der Waals surface area (Å²) in [6, 6.07) is 0.169. The Morgan fingerprint density at radius 1 is 0.947 bits per heavy atom. The van der Waals surface area contributed by atoms with E-state index in [0.717, 1.165) is 38.5 Å². The van der Waals surface area contributed by atoms with E-state index in [1.807, 2.05) is 6.92 Å². The van der Waals surface area contributed by atoms with Gasteiger partial charge in [0.25, 0.3) is 10.2 Å². The minimum atomic E-state index is -3.23. The highest BCUT2D eigenvalue weighted by Crippen LogP contribution is 2.24. The van der Waals surface area contributed by atoms with E-state index in [-0.39, 0.29) is 6.04 Å². The molecule has 0 saturated carbocycles. The van der Waals surface area contributed by atoms with Crippen molar-refractivity contribution in [3.63, 3.8) is 0 Å². The van der Waals surface area contributed by atoms with Gasteiger partial charge in [0.1, 0.15) is 0 Å². The number of nitrogens with two attached hydrogens (primary N) is 1. The molecule has 0 bridgehead atoms. The normalized spacial score (nSPS) is 27.1. The van der Waals surface area contributed by atoms with Crippen molar-refractivity contribution in [2.75, 3.05) is 26.2 Å². The van der Waals surface area contributed by atoms with Crippen LogP contribution in [0.15, 0.2) is 0 Å². The van der Waals surface area contributed by atoms with E-state index >= 15 is 0 Å². The number of nitrogens with zero attached hydrogens (tertiary/aromatic N) is 2. The van der Waals surface area contributed by atoms with Gasteiger partial charge >= 0.3 is 0 Å². The van der Waals surface area contributed by atoms with E-state index in [1.165, 1.54) is 0 Å². The fraction of sp³-hybridized carbons (Fsp3) is 1.00.